The fraction of sp³-hybridized carbons (Fsp3) is 0.235. The van der Waals surface area contributed by atoms with E-state index in [0.29, 0.717) is 16.1 Å². The van der Waals surface area contributed by atoms with Crippen molar-refractivity contribution in [1.29, 1.82) is 5.26 Å². The molecule has 0 saturated heterocycles. The maximum Gasteiger partial charge on any atom is 0.321 e. The van der Waals surface area contributed by atoms with Crippen molar-refractivity contribution in [3.05, 3.63) is 46.3 Å². The van der Waals surface area contributed by atoms with Crippen LogP contribution in [0, 0.1) is 25.2 Å². The molecule has 0 radical (unpaired) electrons. The first-order valence-electron chi connectivity index (χ1n) is 7.73. The molecule has 1 aromatic heterocycles. The van der Waals surface area contributed by atoms with Crippen LogP contribution in [0.2, 0.25) is 0 Å². The molecule has 0 unspecified atom stereocenters. The fourth-order valence-corrected chi connectivity index (χ4v) is 4.13. The van der Waals surface area contributed by atoms with Crippen LogP contribution in [0.4, 0.5) is 5.00 Å². The Kier molecular flexibility index (Phi) is 6.68. The van der Waals surface area contributed by atoms with Gasteiger partial charge in [-0.2, -0.15) is 9.98 Å². The van der Waals surface area contributed by atoms with Crippen molar-refractivity contribution in [1.82, 2.24) is 4.72 Å². The lowest BCUT2D eigenvalue weighted by Crippen LogP contribution is -2.32. The van der Waals surface area contributed by atoms with E-state index < -0.39 is 35.1 Å². The Hall–Kier alpha value is -2.74. The molecule has 1 aromatic carbocycles. The number of ether oxygens (including phenoxy) is 1. The van der Waals surface area contributed by atoms with Gasteiger partial charge in [-0.3, -0.25) is 9.59 Å². The maximum absolute atomic E-state index is 12.3. The number of amides is 1. The highest BCUT2D eigenvalue weighted by atomic mass is 32.2. The molecule has 1 heterocycles. The molecule has 142 valence electrons. The third-order valence-electron chi connectivity index (χ3n) is 3.44. The van der Waals surface area contributed by atoms with Gasteiger partial charge in [0.05, 0.1) is 10.5 Å². The fourth-order valence-electron chi connectivity index (χ4n) is 2.08. The quantitative estimate of drug-likeness (QED) is 0.673. The first kappa shape index (κ1) is 20.6. The van der Waals surface area contributed by atoms with Crippen molar-refractivity contribution in [3.63, 3.8) is 0 Å². The summed E-state index contributed by atoms with van der Waals surface area (Å²) in [7, 11) is -3.88. The Bertz CT molecular complexity index is 1010. The van der Waals surface area contributed by atoms with Crippen molar-refractivity contribution in [2.45, 2.75) is 18.7 Å². The number of aryl methyl sites for hydroxylation is 2. The van der Waals surface area contributed by atoms with Gasteiger partial charge in [-0.05, 0) is 42.5 Å². The highest BCUT2D eigenvalue weighted by Gasteiger charge is 2.19. The summed E-state index contributed by atoms with van der Waals surface area (Å²) in [5.74, 6) is -1.52. The van der Waals surface area contributed by atoms with Crippen molar-refractivity contribution >= 4 is 38.2 Å². The molecule has 0 aliphatic rings. The lowest BCUT2D eigenvalue weighted by molar-refractivity contribution is -0.146. The molecule has 0 fully saturated rings. The van der Waals surface area contributed by atoms with Gasteiger partial charge in [0, 0.05) is 0 Å². The van der Waals surface area contributed by atoms with Crippen LogP contribution < -0.4 is 10.0 Å². The molecule has 2 aromatic rings. The summed E-state index contributed by atoms with van der Waals surface area (Å²) >= 11 is 1.16. The zero-order valence-electron chi connectivity index (χ0n) is 14.6. The monoisotopic (exact) mass is 407 g/mol. The molecule has 2 N–H and O–H groups in total. The zero-order valence-corrected chi connectivity index (χ0v) is 16.2. The maximum atomic E-state index is 12.3. The van der Waals surface area contributed by atoms with Gasteiger partial charge in [0.25, 0.3) is 5.91 Å². The number of anilines is 1. The van der Waals surface area contributed by atoms with Crippen LogP contribution in [-0.2, 0) is 24.3 Å². The smallest absolute Gasteiger partial charge is 0.321 e. The van der Waals surface area contributed by atoms with Gasteiger partial charge in [-0.25, -0.2) is 8.42 Å². The van der Waals surface area contributed by atoms with Gasteiger partial charge in [-0.15, -0.1) is 11.3 Å². The second-order valence-corrected chi connectivity index (χ2v) is 8.23. The Balaban J connectivity index is 1.86. The molecule has 0 saturated carbocycles. The van der Waals surface area contributed by atoms with E-state index in [-0.39, 0.29) is 4.90 Å². The summed E-state index contributed by atoms with van der Waals surface area (Å²) < 4.78 is 31.5. The van der Waals surface area contributed by atoms with Crippen molar-refractivity contribution in [3.8, 4) is 6.07 Å². The first-order valence-corrected chi connectivity index (χ1v) is 10.1. The van der Waals surface area contributed by atoms with E-state index in [0.717, 1.165) is 16.9 Å². The molecule has 1 amide bonds. The van der Waals surface area contributed by atoms with E-state index in [1.165, 1.54) is 6.07 Å². The molecular formula is C17H17N3O5S2. The van der Waals surface area contributed by atoms with Gasteiger partial charge in [0.2, 0.25) is 10.0 Å². The molecule has 27 heavy (non-hydrogen) atoms. The van der Waals surface area contributed by atoms with Crippen molar-refractivity contribution < 1.29 is 22.7 Å². The standard InChI is InChI=1S/C17H17N3O5S2/c1-11-3-4-12(2)14(7-11)27(23,24)19-9-16(22)25-10-15(21)20-17-13(8-18)5-6-26-17/h3-7,19H,9-10H2,1-2H3,(H,20,21). The summed E-state index contributed by atoms with van der Waals surface area (Å²) in [6.45, 7) is 2.21. The van der Waals surface area contributed by atoms with Gasteiger partial charge in [-0.1, -0.05) is 12.1 Å². The van der Waals surface area contributed by atoms with Gasteiger partial charge in [0.1, 0.15) is 17.6 Å². The molecular weight excluding hydrogens is 390 g/mol. The SMILES string of the molecule is Cc1ccc(C)c(S(=O)(=O)NCC(=O)OCC(=O)Nc2sccc2C#N)c1. The van der Waals surface area contributed by atoms with Crippen molar-refractivity contribution in [2.24, 2.45) is 0 Å². The van der Waals surface area contributed by atoms with Crippen LogP contribution in [0.25, 0.3) is 0 Å². The van der Waals surface area contributed by atoms with Crippen LogP contribution in [0.3, 0.4) is 0 Å². The molecule has 0 spiro atoms. The van der Waals surface area contributed by atoms with Gasteiger partial charge in [0.15, 0.2) is 6.61 Å². The number of rotatable bonds is 7. The van der Waals surface area contributed by atoms with E-state index in [1.807, 2.05) is 6.07 Å². The number of nitrogens with zero attached hydrogens (tertiary/aromatic N) is 1. The first-order chi connectivity index (χ1) is 12.7. The second kappa shape index (κ2) is 8.77. The van der Waals surface area contributed by atoms with E-state index >= 15 is 0 Å². The largest absolute Gasteiger partial charge is 0.455 e. The number of nitriles is 1. The van der Waals surface area contributed by atoms with Crippen LogP contribution in [0.15, 0.2) is 34.5 Å². The number of benzene rings is 1. The van der Waals surface area contributed by atoms with E-state index in [1.54, 1.807) is 37.4 Å². The molecule has 0 aliphatic heterocycles. The van der Waals surface area contributed by atoms with E-state index in [2.05, 4.69) is 10.0 Å². The average Bonchev–Trinajstić information content (AvgIpc) is 3.07. The molecule has 0 aliphatic carbocycles. The predicted octanol–water partition coefficient (Wildman–Crippen LogP) is 1.70. The molecule has 10 heteroatoms. The number of carbonyl (C=O) groups excluding carboxylic acids is 2. The summed E-state index contributed by atoms with van der Waals surface area (Å²) in [4.78, 5) is 23.6. The van der Waals surface area contributed by atoms with Gasteiger partial charge >= 0.3 is 5.97 Å². The topological polar surface area (TPSA) is 125 Å². The minimum absolute atomic E-state index is 0.0785. The molecule has 0 atom stereocenters. The van der Waals surface area contributed by atoms with Crippen LogP contribution in [0.5, 0.6) is 0 Å². The van der Waals surface area contributed by atoms with E-state index in [4.69, 9.17) is 10.00 Å². The number of sulfonamides is 1. The van der Waals surface area contributed by atoms with Gasteiger partial charge < -0.3 is 10.1 Å². The number of carbonyl (C=O) groups is 2. The second-order valence-electron chi connectivity index (χ2n) is 5.58. The molecule has 2 rings (SSSR count). The normalized spacial score (nSPS) is 10.9. The number of nitrogens with one attached hydrogen (secondary N) is 2. The minimum Gasteiger partial charge on any atom is -0.455 e. The number of thiophene rings is 1. The van der Waals surface area contributed by atoms with Crippen LogP contribution in [-0.4, -0.2) is 33.4 Å². The lowest BCUT2D eigenvalue weighted by Gasteiger charge is -2.10. The minimum atomic E-state index is -3.88. The Morgan fingerprint density at radius 1 is 1.26 bits per heavy atom. The van der Waals surface area contributed by atoms with Crippen LogP contribution in [0.1, 0.15) is 16.7 Å². The highest BCUT2D eigenvalue weighted by molar-refractivity contribution is 7.89. The summed E-state index contributed by atoms with van der Waals surface area (Å²) in [5.41, 5.74) is 1.62. The number of hydrogen-bond donors (Lipinski definition) is 2. The highest BCUT2D eigenvalue weighted by Crippen LogP contribution is 2.21. The number of hydrogen-bond acceptors (Lipinski definition) is 7. The Morgan fingerprint density at radius 3 is 2.70 bits per heavy atom. The molecule has 0 bridgehead atoms. The summed E-state index contributed by atoms with van der Waals surface area (Å²) in [6, 6.07) is 8.43. The van der Waals surface area contributed by atoms with Crippen molar-refractivity contribution in [2.75, 3.05) is 18.5 Å². The summed E-state index contributed by atoms with van der Waals surface area (Å²) in [5, 5.41) is 13.3. The lowest BCUT2D eigenvalue weighted by atomic mass is 10.2. The van der Waals surface area contributed by atoms with E-state index in [9.17, 15) is 18.0 Å². The third-order valence-corrected chi connectivity index (χ3v) is 5.82. The average molecular weight is 407 g/mol. The van der Waals surface area contributed by atoms with Crippen LogP contribution >= 0.6 is 11.3 Å². The summed E-state index contributed by atoms with van der Waals surface area (Å²) in [6.07, 6.45) is 0. The predicted molar refractivity (Wildman–Crippen MR) is 99.7 cm³/mol. The Morgan fingerprint density at radius 2 is 2.00 bits per heavy atom. The third kappa shape index (κ3) is 5.62. The number of esters is 1. The zero-order chi connectivity index (χ0) is 20.0. The molecule has 8 nitrogen and oxygen atoms in total. The Labute approximate surface area is 160 Å².